The van der Waals surface area contributed by atoms with E-state index in [2.05, 4.69) is 66.7 Å². The van der Waals surface area contributed by atoms with Crippen LogP contribution in [-0.4, -0.2) is 22.5 Å². The molecule has 5 heterocycles. The Kier molecular flexibility index (Phi) is 10.5. The number of fused-ring (bicyclic) bond motifs is 8. The second kappa shape index (κ2) is 14.5. The van der Waals surface area contributed by atoms with E-state index in [4.69, 9.17) is 19.9 Å². The molecule has 6 nitrogen and oxygen atoms in total. The van der Waals surface area contributed by atoms with Crippen LogP contribution in [0.4, 0.5) is 0 Å². The number of nitrogens with zero attached hydrogens (tertiary/aromatic N) is 4. The third kappa shape index (κ3) is 5.78. The van der Waals surface area contributed by atoms with Crippen LogP contribution in [-0.2, 0) is 34.1 Å². The third-order valence-corrected chi connectivity index (χ3v) is 10.0. The topological polar surface area (TPSA) is 88.1 Å². The Morgan fingerprint density at radius 1 is 0.673 bits per heavy atom. The minimum atomic E-state index is 0. The van der Waals surface area contributed by atoms with Gasteiger partial charge in [0.1, 0.15) is 6.29 Å². The van der Waals surface area contributed by atoms with E-state index in [0.717, 1.165) is 115 Å². The van der Waals surface area contributed by atoms with Crippen molar-refractivity contribution in [1.29, 1.82) is 0 Å². The Bertz CT molecular complexity index is 2250. The Labute approximate surface area is 298 Å². The molecule has 6 rings (SSSR count). The van der Waals surface area contributed by atoms with Gasteiger partial charge >= 0.3 is 16.5 Å². The van der Waals surface area contributed by atoms with Crippen molar-refractivity contribution in [2.75, 3.05) is 0 Å². The summed E-state index contributed by atoms with van der Waals surface area (Å²) in [5.74, 6) is 0. The summed E-state index contributed by atoms with van der Waals surface area (Å²) in [5, 5.41) is 0. The van der Waals surface area contributed by atoms with Crippen molar-refractivity contribution >= 4 is 63.0 Å². The molecular weight excluding hydrogens is 651 g/mol. The van der Waals surface area contributed by atoms with E-state index in [1.165, 1.54) is 11.6 Å². The van der Waals surface area contributed by atoms with Crippen molar-refractivity contribution in [2.24, 2.45) is 0 Å². The van der Waals surface area contributed by atoms with E-state index in [1.807, 2.05) is 31.2 Å². The van der Waals surface area contributed by atoms with Gasteiger partial charge in [-0.25, -0.2) is 9.97 Å². The summed E-state index contributed by atoms with van der Waals surface area (Å²) in [7, 11) is 0. The molecule has 49 heavy (non-hydrogen) atoms. The second-order valence-corrected chi connectivity index (χ2v) is 12.5. The number of hydrogen-bond donors (Lipinski definition) is 0. The monoisotopic (exact) mass is 692 g/mol. The van der Waals surface area contributed by atoms with Gasteiger partial charge in [0.25, 0.3) is 0 Å². The fraction of sp³-hybridized carbons (Fsp3) is 0.286. The molecule has 2 aliphatic rings. The van der Waals surface area contributed by atoms with E-state index in [0.29, 0.717) is 29.6 Å². The van der Waals surface area contributed by atoms with Gasteiger partial charge in [-0.15, -0.1) is 22.1 Å². The molecule has 252 valence electrons. The van der Waals surface area contributed by atoms with Gasteiger partial charge in [-0.3, -0.25) is 9.59 Å². The van der Waals surface area contributed by atoms with Crippen molar-refractivity contribution in [2.45, 2.75) is 81.1 Å². The van der Waals surface area contributed by atoms with Crippen molar-refractivity contribution in [3.63, 3.8) is 0 Å². The number of carbonyl (C=O) groups is 2. The zero-order valence-electron chi connectivity index (χ0n) is 29.5. The first-order chi connectivity index (χ1) is 23.2. The van der Waals surface area contributed by atoms with Crippen LogP contribution in [0.15, 0.2) is 42.5 Å². The van der Waals surface area contributed by atoms with Crippen molar-refractivity contribution in [3.8, 4) is 11.1 Å². The van der Waals surface area contributed by atoms with Crippen LogP contribution in [0.25, 0.3) is 61.6 Å². The van der Waals surface area contributed by atoms with Gasteiger partial charge in [0.05, 0.1) is 22.8 Å². The molecule has 3 aromatic heterocycles. The van der Waals surface area contributed by atoms with Crippen LogP contribution >= 0.6 is 0 Å². The van der Waals surface area contributed by atoms with Gasteiger partial charge in [-0.2, -0.15) is 0 Å². The first-order valence-electron chi connectivity index (χ1n) is 17.0. The number of aryl methyl sites for hydroxylation is 4. The molecule has 7 heteroatoms. The first kappa shape index (κ1) is 35.7. The van der Waals surface area contributed by atoms with Crippen molar-refractivity contribution in [3.05, 3.63) is 98.6 Å². The summed E-state index contributed by atoms with van der Waals surface area (Å²) < 4.78 is 0. The molecule has 0 amide bonds. The van der Waals surface area contributed by atoms with Gasteiger partial charge in [-0.05, 0) is 98.4 Å². The molecule has 0 aliphatic carbocycles. The number of aromatic nitrogens is 4. The molecule has 0 atom stereocenters. The number of hydrogen-bond acceptors (Lipinski definition) is 4. The molecule has 8 bridgehead atoms. The smallest absolute Gasteiger partial charge is 0.657 e. The number of carbonyl (C=O) groups excluding carboxylic acids is 2. The molecule has 0 saturated carbocycles. The zero-order chi connectivity index (χ0) is 34.3. The molecule has 0 N–H and O–H groups in total. The van der Waals surface area contributed by atoms with Gasteiger partial charge < -0.3 is 9.97 Å². The van der Waals surface area contributed by atoms with Gasteiger partial charge in [0.2, 0.25) is 0 Å². The second-order valence-electron chi connectivity index (χ2n) is 12.5. The standard InChI is InChI=1S/C42H43N4O2.Ni/c1-9-28-24(6)38-36(27-17-14-13-15-18-27)39-26(8)31(12-4)42(46-39)33(22-48)37-25(7)30(11-3)41(45-37)32(19-16-20-47)40-29(10-2)23(5)34(43-40)21-35(28)44-38;/h13-22H,9-12H2,1-8H3,(H-,43,44,45,46,47,48);/q-1;+2/p-1. The summed E-state index contributed by atoms with van der Waals surface area (Å²) in [4.78, 5) is 46.1. The van der Waals surface area contributed by atoms with Crippen LogP contribution in [0, 0.1) is 13.8 Å². The molecule has 0 fully saturated rings. The molecule has 2 aliphatic heterocycles. The predicted molar refractivity (Wildman–Crippen MR) is 199 cm³/mol. The Morgan fingerprint density at radius 3 is 1.92 bits per heavy atom. The van der Waals surface area contributed by atoms with Gasteiger partial charge in [0.15, 0.2) is 6.29 Å². The van der Waals surface area contributed by atoms with E-state index in [-0.39, 0.29) is 16.5 Å². The van der Waals surface area contributed by atoms with Crippen LogP contribution in [0.1, 0.15) is 115 Å². The number of allylic oxidation sites excluding steroid dienone is 5. The Morgan fingerprint density at radius 2 is 1.31 bits per heavy atom. The van der Waals surface area contributed by atoms with Crippen LogP contribution in [0.2, 0.25) is 0 Å². The number of rotatable bonds is 8. The zero-order valence-corrected chi connectivity index (χ0v) is 30.5. The molecule has 4 aromatic rings. The molecular formula is C42H42N4NiO2. The molecule has 0 radical (unpaired) electrons. The van der Waals surface area contributed by atoms with E-state index < -0.39 is 0 Å². The summed E-state index contributed by atoms with van der Waals surface area (Å²) in [5.41, 5.74) is 18.0. The van der Waals surface area contributed by atoms with Crippen molar-refractivity contribution < 1.29 is 26.1 Å². The minimum absolute atomic E-state index is 0. The molecule has 1 aromatic carbocycles. The molecule has 0 unspecified atom stereocenters. The molecule has 0 saturated heterocycles. The maximum absolute atomic E-state index is 13.2. The summed E-state index contributed by atoms with van der Waals surface area (Å²) in [6.45, 7) is 16.9. The maximum Gasteiger partial charge on any atom is 2.00 e. The fourth-order valence-corrected chi connectivity index (χ4v) is 7.55. The van der Waals surface area contributed by atoms with Crippen LogP contribution in [0.5, 0.6) is 0 Å². The minimum Gasteiger partial charge on any atom is -0.657 e. The number of benzene rings is 1. The van der Waals surface area contributed by atoms with Crippen molar-refractivity contribution in [1.82, 2.24) is 19.9 Å². The van der Waals surface area contributed by atoms with E-state index in [9.17, 15) is 9.59 Å². The summed E-state index contributed by atoms with van der Waals surface area (Å²) in [6.07, 6.45) is 7.96. The predicted octanol–water partition coefficient (Wildman–Crippen LogP) is 9.69. The van der Waals surface area contributed by atoms with E-state index in [1.54, 1.807) is 0 Å². The average Bonchev–Trinajstić information content (AvgIpc) is 3.79. The summed E-state index contributed by atoms with van der Waals surface area (Å²) in [6, 6.07) is 12.4. The normalized spacial score (nSPS) is 13.0. The first-order valence-corrected chi connectivity index (χ1v) is 17.0. The molecule has 0 spiro atoms. The summed E-state index contributed by atoms with van der Waals surface area (Å²) >= 11 is 0. The average molecular weight is 694 g/mol. The van der Waals surface area contributed by atoms with Crippen LogP contribution < -0.4 is 9.97 Å². The van der Waals surface area contributed by atoms with Gasteiger partial charge in [0, 0.05) is 5.56 Å². The van der Waals surface area contributed by atoms with Gasteiger partial charge in [-0.1, -0.05) is 92.4 Å². The fourth-order valence-electron chi connectivity index (χ4n) is 7.55. The third-order valence-electron chi connectivity index (χ3n) is 10.0. The Hall–Kier alpha value is -4.61. The SMILES string of the molecule is CCC1=C(C)c2nc1cc1[n-]c(c(/C=C/C=O)c3nc(c(C=O)c4[n-]c(c(C)c4CC)c2-c2ccccc2)C(C)=C3CC)c(CC)c1C.[Ni+2]. The maximum atomic E-state index is 13.2. The number of aldehydes is 2. The van der Waals surface area contributed by atoms with Crippen LogP contribution in [0.3, 0.4) is 0 Å². The van der Waals surface area contributed by atoms with E-state index >= 15 is 0 Å². The largest absolute Gasteiger partial charge is 2.00 e. The Balaban J connectivity index is 0.00000468. The quantitative estimate of drug-likeness (QED) is 0.104.